The Morgan fingerprint density at radius 1 is 1.05 bits per heavy atom. The van der Waals surface area contributed by atoms with E-state index in [1.54, 1.807) is 0 Å². The van der Waals surface area contributed by atoms with Gasteiger partial charge < -0.3 is 5.73 Å². The molecule has 0 radical (unpaired) electrons. The molecule has 0 aliphatic carbocycles. The summed E-state index contributed by atoms with van der Waals surface area (Å²) in [5.41, 5.74) is 10.3. The number of hydrogen-bond donors (Lipinski definition) is 1. The molecule has 0 atom stereocenters. The maximum absolute atomic E-state index is 6.01. The van der Waals surface area contributed by atoms with Crippen LogP contribution in [0, 0.1) is 0 Å². The van der Waals surface area contributed by atoms with E-state index in [-0.39, 0.29) is 0 Å². The van der Waals surface area contributed by atoms with Crippen molar-refractivity contribution >= 4 is 16.6 Å². The van der Waals surface area contributed by atoms with Crippen LogP contribution >= 0.6 is 0 Å². The molecule has 3 aromatic rings. The van der Waals surface area contributed by atoms with Gasteiger partial charge in [0.05, 0.1) is 11.2 Å². The van der Waals surface area contributed by atoms with Crippen LogP contribution in [0.3, 0.4) is 0 Å². The quantitative estimate of drug-likeness (QED) is 0.748. The summed E-state index contributed by atoms with van der Waals surface area (Å²) >= 11 is 0. The summed E-state index contributed by atoms with van der Waals surface area (Å²) in [5.74, 6) is 0. The fourth-order valence-electron chi connectivity index (χ4n) is 2.69. The van der Waals surface area contributed by atoms with Gasteiger partial charge in [0.15, 0.2) is 0 Å². The molecule has 0 saturated carbocycles. The van der Waals surface area contributed by atoms with Crippen molar-refractivity contribution < 1.29 is 0 Å². The number of anilines is 1. The van der Waals surface area contributed by atoms with Crippen LogP contribution in [0.25, 0.3) is 10.9 Å². The van der Waals surface area contributed by atoms with Crippen molar-refractivity contribution in [3.05, 3.63) is 59.8 Å². The van der Waals surface area contributed by atoms with E-state index in [0.717, 1.165) is 30.0 Å². The van der Waals surface area contributed by atoms with Crippen LogP contribution in [0.2, 0.25) is 0 Å². The highest BCUT2D eigenvalue weighted by atomic mass is 15.3. The van der Waals surface area contributed by atoms with Crippen molar-refractivity contribution in [2.45, 2.75) is 13.1 Å². The van der Waals surface area contributed by atoms with E-state index in [9.17, 15) is 0 Å². The third-order valence-corrected chi connectivity index (χ3v) is 3.75. The summed E-state index contributed by atoms with van der Waals surface area (Å²) in [6.07, 6.45) is 0. The largest absolute Gasteiger partial charge is 0.398 e. The van der Waals surface area contributed by atoms with Crippen LogP contribution < -0.4 is 5.73 Å². The normalized spacial score (nSPS) is 11.4. The summed E-state index contributed by atoms with van der Waals surface area (Å²) in [6.45, 7) is 1.62. The molecule has 0 amide bonds. The number of nitrogens with zero attached hydrogens (tertiary/aromatic N) is 3. The minimum absolute atomic E-state index is 0.801. The molecule has 4 nitrogen and oxygen atoms in total. The number of para-hydroxylation sites is 2. The third-order valence-electron chi connectivity index (χ3n) is 3.75. The molecule has 0 saturated heterocycles. The van der Waals surface area contributed by atoms with E-state index in [2.05, 4.69) is 41.3 Å². The number of aryl methyl sites for hydroxylation is 1. The minimum Gasteiger partial charge on any atom is -0.398 e. The number of hydrogen-bond acceptors (Lipinski definition) is 3. The van der Waals surface area contributed by atoms with Gasteiger partial charge in [0, 0.05) is 31.2 Å². The highest BCUT2D eigenvalue weighted by Crippen LogP contribution is 2.20. The molecule has 108 valence electrons. The first-order valence-corrected chi connectivity index (χ1v) is 7.07. The van der Waals surface area contributed by atoms with Gasteiger partial charge in [-0.25, -0.2) is 0 Å². The zero-order chi connectivity index (χ0) is 14.8. The molecule has 0 spiro atoms. The molecule has 1 aromatic heterocycles. The van der Waals surface area contributed by atoms with E-state index in [1.807, 2.05) is 36.0 Å². The molecule has 2 aromatic carbocycles. The van der Waals surface area contributed by atoms with Crippen LogP contribution in [0.1, 0.15) is 11.3 Å². The van der Waals surface area contributed by atoms with Gasteiger partial charge in [0.1, 0.15) is 0 Å². The van der Waals surface area contributed by atoms with Crippen molar-refractivity contribution in [2.75, 3.05) is 12.8 Å². The SMILES string of the molecule is CN(Cc1ccccc1N)Cc1nn(C)c2ccccc12. The summed E-state index contributed by atoms with van der Waals surface area (Å²) in [5, 5.41) is 5.85. The number of aromatic nitrogens is 2. The Bertz CT molecular complexity index is 760. The Labute approximate surface area is 124 Å². The average Bonchev–Trinajstić information content (AvgIpc) is 2.79. The summed E-state index contributed by atoms with van der Waals surface area (Å²) in [6, 6.07) is 16.3. The minimum atomic E-state index is 0.801. The number of nitrogens with two attached hydrogens (primary N) is 1. The zero-order valence-electron chi connectivity index (χ0n) is 12.5. The predicted octanol–water partition coefficient (Wildman–Crippen LogP) is 2.79. The second-order valence-corrected chi connectivity index (χ2v) is 5.46. The second-order valence-electron chi connectivity index (χ2n) is 5.46. The molecule has 0 aliphatic rings. The van der Waals surface area contributed by atoms with E-state index in [1.165, 1.54) is 10.9 Å². The van der Waals surface area contributed by atoms with Crippen molar-refractivity contribution in [3.63, 3.8) is 0 Å². The van der Waals surface area contributed by atoms with E-state index in [0.29, 0.717) is 0 Å². The number of rotatable bonds is 4. The highest BCUT2D eigenvalue weighted by molar-refractivity contribution is 5.81. The van der Waals surface area contributed by atoms with E-state index in [4.69, 9.17) is 5.73 Å². The lowest BCUT2D eigenvalue weighted by Gasteiger charge is -2.16. The van der Waals surface area contributed by atoms with Gasteiger partial charge in [-0.15, -0.1) is 0 Å². The van der Waals surface area contributed by atoms with Crippen LogP contribution in [0.15, 0.2) is 48.5 Å². The average molecular weight is 280 g/mol. The molecule has 4 heteroatoms. The summed E-state index contributed by atoms with van der Waals surface area (Å²) in [4.78, 5) is 2.24. The molecule has 0 aliphatic heterocycles. The number of benzene rings is 2. The van der Waals surface area contributed by atoms with Crippen molar-refractivity contribution in [3.8, 4) is 0 Å². The monoisotopic (exact) mass is 280 g/mol. The Balaban J connectivity index is 1.81. The summed E-state index contributed by atoms with van der Waals surface area (Å²) in [7, 11) is 4.08. The first-order chi connectivity index (χ1) is 10.1. The maximum Gasteiger partial charge on any atom is 0.0843 e. The molecular formula is C17H20N4. The van der Waals surface area contributed by atoms with E-state index >= 15 is 0 Å². The lowest BCUT2D eigenvalue weighted by atomic mass is 10.1. The smallest absolute Gasteiger partial charge is 0.0843 e. The first kappa shape index (κ1) is 13.6. The molecular weight excluding hydrogens is 260 g/mol. The van der Waals surface area contributed by atoms with Gasteiger partial charge in [-0.3, -0.25) is 9.58 Å². The lowest BCUT2D eigenvalue weighted by Crippen LogP contribution is -2.18. The fourth-order valence-corrected chi connectivity index (χ4v) is 2.69. The molecule has 0 unspecified atom stereocenters. The standard InChI is InChI=1S/C17H20N4/c1-20(11-13-7-3-5-9-15(13)18)12-16-14-8-4-6-10-17(14)21(2)19-16/h3-10H,11-12,18H2,1-2H3. The Kier molecular flexibility index (Phi) is 3.62. The van der Waals surface area contributed by atoms with Crippen LogP contribution in [-0.4, -0.2) is 21.7 Å². The molecule has 3 rings (SSSR count). The Morgan fingerprint density at radius 3 is 2.57 bits per heavy atom. The first-order valence-electron chi connectivity index (χ1n) is 7.07. The van der Waals surface area contributed by atoms with Crippen molar-refractivity contribution in [1.29, 1.82) is 0 Å². The second kappa shape index (κ2) is 5.58. The van der Waals surface area contributed by atoms with Crippen LogP contribution in [-0.2, 0) is 20.1 Å². The molecule has 2 N–H and O–H groups in total. The summed E-state index contributed by atoms with van der Waals surface area (Å²) < 4.78 is 1.94. The van der Waals surface area contributed by atoms with Crippen LogP contribution in [0.5, 0.6) is 0 Å². The zero-order valence-corrected chi connectivity index (χ0v) is 12.5. The third kappa shape index (κ3) is 2.76. The molecule has 0 bridgehead atoms. The van der Waals surface area contributed by atoms with Gasteiger partial charge in [0.2, 0.25) is 0 Å². The van der Waals surface area contributed by atoms with Crippen molar-refractivity contribution in [2.24, 2.45) is 7.05 Å². The van der Waals surface area contributed by atoms with Gasteiger partial charge in [0.25, 0.3) is 0 Å². The topological polar surface area (TPSA) is 47.1 Å². The van der Waals surface area contributed by atoms with Crippen molar-refractivity contribution in [1.82, 2.24) is 14.7 Å². The lowest BCUT2D eigenvalue weighted by molar-refractivity contribution is 0.315. The number of nitrogen functional groups attached to an aromatic ring is 1. The van der Waals surface area contributed by atoms with Gasteiger partial charge in [-0.2, -0.15) is 5.10 Å². The van der Waals surface area contributed by atoms with E-state index < -0.39 is 0 Å². The van der Waals surface area contributed by atoms with Gasteiger partial charge >= 0.3 is 0 Å². The molecule has 1 heterocycles. The maximum atomic E-state index is 6.01. The van der Waals surface area contributed by atoms with Gasteiger partial charge in [-0.05, 0) is 24.7 Å². The fraction of sp³-hybridized carbons (Fsp3) is 0.235. The molecule has 0 fully saturated rings. The van der Waals surface area contributed by atoms with Crippen LogP contribution in [0.4, 0.5) is 5.69 Å². The highest BCUT2D eigenvalue weighted by Gasteiger charge is 2.11. The Hall–Kier alpha value is -2.33. The molecule has 21 heavy (non-hydrogen) atoms. The number of fused-ring (bicyclic) bond motifs is 1. The predicted molar refractivity (Wildman–Crippen MR) is 86.7 cm³/mol. The van der Waals surface area contributed by atoms with Gasteiger partial charge in [-0.1, -0.05) is 36.4 Å². The Morgan fingerprint density at radius 2 is 1.76 bits per heavy atom.